The Labute approximate surface area is 222 Å². The minimum Gasteiger partial charge on any atom is -0.387 e. The molecule has 0 spiro atoms. The molecule has 1 atom stereocenters. The van der Waals surface area contributed by atoms with Crippen LogP contribution in [0.25, 0.3) is 10.9 Å². The number of fused-ring (bicyclic) bond motifs is 1. The number of hydrogen-bond acceptors (Lipinski definition) is 6. The first-order valence-electron chi connectivity index (χ1n) is 13.2. The summed E-state index contributed by atoms with van der Waals surface area (Å²) in [7, 11) is 0. The van der Waals surface area contributed by atoms with Crippen LogP contribution in [0.1, 0.15) is 66.1 Å². The zero-order chi connectivity index (χ0) is 25.5. The highest BCUT2D eigenvalue weighted by Gasteiger charge is 2.27. The topological polar surface area (TPSA) is 79.1 Å². The van der Waals surface area contributed by atoms with E-state index in [1.54, 1.807) is 0 Å². The van der Waals surface area contributed by atoms with E-state index >= 15 is 0 Å². The van der Waals surface area contributed by atoms with E-state index in [0.29, 0.717) is 24.5 Å². The van der Waals surface area contributed by atoms with E-state index in [-0.39, 0.29) is 0 Å². The Morgan fingerprint density at radius 3 is 2.54 bits per heavy atom. The van der Waals surface area contributed by atoms with E-state index in [4.69, 9.17) is 16.6 Å². The van der Waals surface area contributed by atoms with E-state index in [1.165, 1.54) is 18.4 Å². The third kappa shape index (κ3) is 5.21. The average Bonchev–Trinajstić information content (AvgIpc) is 3.68. The first-order valence-corrected chi connectivity index (χ1v) is 13.6. The molecule has 6 rings (SSSR count). The first-order chi connectivity index (χ1) is 17.9. The maximum absolute atomic E-state index is 10.7. The second kappa shape index (κ2) is 10.0. The molecule has 4 aromatic rings. The number of aliphatic hydroxyl groups is 1. The van der Waals surface area contributed by atoms with Gasteiger partial charge in [0.2, 0.25) is 5.95 Å². The summed E-state index contributed by atoms with van der Waals surface area (Å²) >= 11 is 6.74. The molecule has 2 fully saturated rings. The van der Waals surface area contributed by atoms with Gasteiger partial charge in [0, 0.05) is 23.2 Å². The van der Waals surface area contributed by atoms with Gasteiger partial charge in [-0.2, -0.15) is 5.10 Å². The number of β-amino-alcohol motifs (C(OH)–C–C–N with tert-alkyl or cyclic N) is 1. The Balaban J connectivity index is 1.14. The van der Waals surface area contributed by atoms with Gasteiger partial charge in [-0.25, -0.2) is 9.97 Å². The highest BCUT2D eigenvalue weighted by atomic mass is 35.5. The number of benzene rings is 2. The highest BCUT2D eigenvalue weighted by Crippen LogP contribution is 2.38. The van der Waals surface area contributed by atoms with Crippen LogP contribution in [-0.2, 0) is 0 Å². The molecule has 0 amide bonds. The molecule has 2 aromatic carbocycles. The van der Waals surface area contributed by atoms with Gasteiger partial charge >= 0.3 is 0 Å². The summed E-state index contributed by atoms with van der Waals surface area (Å²) in [5, 5.41) is 20.3. The third-order valence-electron chi connectivity index (χ3n) is 7.80. The van der Waals surface area contributed by atoms with Crippen molar-refractivity contribution in [1.82, 2.24) is 24.6 Å². The lowest BCUT2D eigenvalue weighted by molar-refractivity contribution is 0.0973. The second-order valence-corrected chi connectivity index (χ2v) is 11.0. The summed E-state index contributed by atoms with van der Waals surface area (Å²) in [6, 6.07) is 12.8. The van der Waals surface area contributed by atoms with Gasteiger partial charge in [0.25, 0.3) is 0 Å². The van der Waals surface area contributed by atoms with Gasteiger partial charge in [-0.05, 0) is 81.8 Å². The Morgan fingerprint density at radius 2 is 1.81 bits per heavy atom. The van der Waals surface area contributed by atoms with Gasteiger partial charge < -0.3 is 15.3 Å². The molecule has 2 aliphatic rings. The molecule has 1 aliphatic heterocycles. The number of piperidine rings is 1. The number of hydrogen-bond donors (Lipinski definition) is 2. The maximum Gasteiger partial charge on any atom is 0.227 e. The van der Waals surface area contributed by atoms with Gasteiger partial charge in [-0.1, -0.05) is 41.4 Å². The number of aliphatic hydroxyl groups excluding tert-OH is 1. The standard InChI is InChI=1S/C29H33ClN6O/c1-18-3-5-21(6-4-18)28(37)17-35-11-9-20(10-12-35)24-14-26-22(13-25(24)30)15-31-29(33-26)34-27-16-32-36(19(27)2)23-7-8-23/h3-6,13-16,20,23,28,37H,7-12,17H2,1-2H3,(H,31,33,34). The highest BCUT2D eigenvalue weighted by molar-refractivity contribution is 6.32. The van der Waals surface area contributed by atoms with Crippen LogP contribution >= 0.6 is 11.6 Å². The van der Waals surface area contributed by atoms with E-state index in [9.17, 15) is 5.11 Å². The molecule has 7 nitrogen and oxygen atoms in total. The lowest BCUT2D eigenvalue weighted by Gasteiger charge is -2.33. The van der Waals surface area contributed by atoms with Crippen LogP contribution in [0.15, 0.2) is 48.8 Å². The fourth-order valence-corrected chi connectivity index (χ4v) is 5.69. The predicted octanol–water partition coefficient (Wildman–Crippen LogP) is 6.09. The van der Waals surface area contributed by atoms with E-state index < -0.39 is 6.10 Å². The Morgan fingerprint density at radius 1 is 1.05 bits per heavy atom. The summed E-state index contributed by atoms with van der Waals surface area (Å²) in [6.07, 6.45) is 7.62. The number of nitrogens with one attached hydrogen (secondary N) is 1. The van der Waals surface area contributed by atoms with Gasteiger partial charge in [0.1, 0.15) is 0 Å². The lowest BCUT2D eigenvalue weighted by Crippen LogP contribution is -2.36. The molecule has 192 valence electrons. The van der Waals surface area contributed by atoms with Crippen LogP contribution in [0, 0.1) is 13.8 Å². The molecular formula is C29H33ClN6O. The SMILES string of the molecule is Cc1ccc(C(O)CN2CCC(c3cc4nc(Nc5cnn(C6CC6)c5C)ncc4cc3Cl)CC2)cc1. The normalized spacial score (nSPS) is 17.8. The molecule has 8 heteroatoms. The molecule has 1 saturated carbocycles. The van der Waals surface area contributed by atoms with Crippen LogP contribution in [0.4, 0.5) is 11.6 Å². The molecule has 1 saturated heterocycles. The first kappa shape index (κ1) is 24.3. The number of rotatable bonds is 7. The minimum absolute atomic E-state index is 0.370. The second-order valence-electron chi connectivity index (χ2n) is 10.6. The van der Waals surface area contributed by atoms with Crippen molar-refractivity contribution in [3.05, 3.63) is 76.2 Å². The van der Waals surface area contributed by atoms with Crippen molar-refractivity contribution >= 4 is 34.1 Å². The number of aromatic nitrogens is 4. The summed E-state index contributed by atoms with van der Waals surface area (Å²) in [4.78, 5) is 11.7. The molecule has 1 unspecified atom stereocenters. The zero-order valence-electron chi connectivity index (χ0n) is 21.4. The van der Waals surface area contributed by atoms with Crippen LogP contribution in [0.5, 0.6) is 0 Å². The van der Waals surface area contributed by atoms with Gasteiger partial charge in [-0.3, -0.25) is 4.68 Å². The van der Waals surface area contributed by atoms with Gasteiger partial charge in [-0.15, -0.1) is 0 Å². The van der Waals surface area contributed by atoms with Crippen LogP contribution in [-0.4, -0.2) is 49.4 Å². The monoisotopic (exact) mass is 516 g/mol. The van der Waals surface area contributed by atoms with Crippen molar-refractivity contribution in [3.8, 4) is 0 Å². The Bertz CT molecular complexity index is 1410. The number of halogens is 1. The number of anilines is 2. The van der Waals surface area contributed by atoms with Gasteiger partial charge in [0.05, 0.1) is 35.2 Å². The van der Waals surface area contributed by atoms with Crippen LogP contribution < -0.4 is 5.32 Å². The summed E-state index contributed by atoms with van der Waals surface area (Å²) < 4.78 is 2.09. The average molecular weight is 517 g/mol. The Kier molecular flexibility index (Phi) is 6.61. The smallest absolute Gasteiger partial charge is 0.227 e. The molecule has 2 N–H and O–H groups in total. The number of aryl methyl sites for hydroxylation is 1. The molecule has 2 aromatic heterocycles. The molecule has 0 bridgehead atoms. The lowest BCUT2D eigenvalue weighted by atomic mass is 9.88. The summed E-state index contributed by atoms with van der Waals surface area (Å²) in [6.45, 7) is 6.66. The fraction of sp³-hybridized carbons (Fsp3) is 0.414. The maximum atomic E-state index is 10.7. The molecule has 1 aliphatic carbocycles. The molecule has 37 heavy (non-hydrogen) atoms. The predicted molar refractivity (Wildman–Crippen MR) is 148 cm³/mol. The van der Waals surface area contributed by atoms with Crippen LogP contribution in [0.2, 0.25) is 5.02 Å². The zero-order valence-corrected chi connectivity index (χ0v) is 22.1. The molecule has 0 radical (unpaired) electrons. The molecular weight excluding hydrogens is 484 g/mol. The van der Waals surface area contributed by atoms with Crippen molar-refractivity contribution in [2.45, 2.75) is 57.6 Å². The van der Waals surface area contributed by atoms with E-state index in [2.05, 4.69) is 57.0 Å². The van der Waals surface area contributed by atoms with Crippen molar-refractivity contribution in [1.29, 1.82) is 0 Å². The van der Waals surface area contributed by atoms with Crippen molar-refractivity contribution in [2.24, 2.45) is 0 Å². The van der Waals surface area contributed by atoms with E-state index in [1.807, 2.05) is 30.6 Å². The van der Waals surface area contributed by atoms with E-state index in [0.717, 1.165) is 64.4 Å². The van der Waals surface area contributed by atoms with Crippen molar-refractivity contribution < 1.29 is 5.11 Å². The largest absolute Gasteiger partial charge is 0.387 e. The minimum atomic E-state index is -0.468. The molecule has 3 heterocycles. The van der Waals surface area contributed by atoms with Crippen molar-refractivity contribution in [3.63, 3.8) is 0 Å². The van der Waals surface area contributed by atoms with Gasteiger partial charge in [0.15, 0.2) is 0 Å². The van der Waals surface area contributed by atoms with Crippen molar-refractivity contribution in [2.75, 3.05) is 25.0 Å². The fourth-order valence-electron chi connectivity index (χ4n) is 5.36. The Hall–Kier alpha value is -3.00. The summed E-state index contributed by atoms with van der Waals surface area (Å²) in [5.74, 6) is 0.939. The number of nitrogens with zero attached hydrogens (tertiary/aromatic N) is 5. The number of likely N-dealkylation sites (tertiary alicyclic amines) is 1. The quantitative estimate of drug-likeness (QED) is 0.309. The summed E-state index contributed by atoms with van der Waals surface area (Å²) in [5.41, 5.74) is 6.28. The third-order valence-corrected chi connectivity index (χ3v) is 8.13. The van der Waals surface area contributed by atoms with Crippen LogP contribution in [0.3, 0.4) is 0 Å².